The zero-order chi connectivity index (χ0) is 11.3. The summed E-state index contributed by atoms with van der Waals surface area (Å²) < 4.78 is 0. The molecule has 0 aliphatic heterocycles. The Bertz CT molecular complexity index is 397. The molecule has 1 aromatic rings. The van der Waals surface area contributed by atoms with Gasteiger partial charge < -0.3 is 10.2 Å². The fourth-order valence-electron chi connectivity index (χ4n) is 0.830. The summed E-state index contributed by atoms with van der Waals surface area (Å²) in [5.74, 6) is -2.42. The van der Waals surface area contributed by atoms with E-state index in [4.69, 9.17) is 10.2 Å². The SMILES string of the molecule is O=C(O)CC=Cc1cnc(C(=O)O)nc1. The molecule has 0 atom stereocenters. The van der Waals surface area contributed by atoms with E-state index < -0.39 is 11.9 Å². The van der Waals surface area contributed by atoms with E-state index in [1.807, 2.05) is 0 Å². The van der Waals surface area contributed by atoms with E-state index in [9.17, 15) is 9.59 Å². The number of aromatic nitrogens is 2. The Morgan fingerprint density at radius 2 is 1.87 bits per heavy atom. The van der Waals surface area contributed by atoms with E-state index in [2.05, 4.69) is 9.97 Å². The average molecular weight is 208 g/mol. The second-order valence-electron chi connectivity index (χ2n) is 2.65. The van der Waals surface area contributed by atoms with Gasteiger partial charge in [-0.15, -0.1) is 0 Å². The largest absolute Gasteiger partial charge is 0.481 e. The highest BCUT2D eigenvalue weighted by Crippen LogP contribution is 2.00. The number of carboxylic acids is 2. The Hall–Kier alpha value is -2.24. The van der Waals surface area contributed by atoms with Crippen LogP contribution in [0.4, 0.5) is 0 Å². The van der Waals surface area contributed by atoms with E-state index >= 15 is 0 Å². The summed E-state index contributed by atoms with van der Waals surface area (Å²) in [6, 6.07) is 0. The minimum atomic E-state index is -1.20. The normalized spacial score (nSPS) is 10.4. The Balaban J connectivity index is 2.68. The number of carbonyl (C=O) groups is 2. The van der Waals surface area contributed by atoms with Gasteiger partial charge in [0, 0.05) is 18.0 Å². The van der Waals surface area contributed by atoms with Crippen molar-refractivity contribution in [3.8, 4) is 0 Å². The summed E-state index contributed by atoms with van der Waals surface area (Å²) in [6.45, 7) is 0. The van der Waals surface area contributed by atoms with Crippen LogP contribution in [0.25, 0.3) is 6.08 Å². The maximum atomic E-state index is 10.4. The van der Waals surface area contributed by atoms with Gasteiger partial charge in [0.2, 0.25) is 5.82 Å². The van der Waals surface area contributed by atoms with Crippen molar-refractivity contribution in [3.05, 3.63) is 29.9 Å². The molecule has 6 nitrogen and oxygen atoms in total. The zero-order valence-corrected chi connectivity index (χ0v) is 7.62. The number of carboxylic acid groups (broad SMARTS) is 2. The fraction of sp³-hybridized carbons (Fsp3) is 0.111. The summed E-state index contributed by atoms with van der Waals surface area (Å²) in [5.41, 5.74) is 0.557. The van der Waals surface area contributed by atoms with Gasteiger partial charge in [-0.2, -0.15) is 0 Å². The van der Waals surface area contributed by atoms with Crippen molar-refractivity contribution in [2.45, 2.75) is 6.42 Å². The van der Waals surface area contributed by atoms with Gasteiger partial charge in [0.05, 0.1) is 6.42 Å². The van der Waals surface area contributed by atoms with E-state index in [0.717, 1.165) is 0 Å². The van der Waals surface area contributed by atoms with E-state index in [-0.39, 0.29) is 12.2 Å². The first-order chi connectivity index (χ1) is 7.09. The number of hydrogen-bond acceptors (Lipinski definition) is 4. The first-order valence-corrected chi connectivity index (χ1v) is 4.03. The number of rotatable bonds is 4. The van der Waals surface area contributed by atoms with Gasteiger partial charge in [-0.25, -0.2) is 14.8 Å². The quantitative estimate of drug-likeness (QED) is 0.753. The lowest BCUT2D eigenvalue weighted by Gasteiger charge is -1.93. The predicted molar refractivity (Wildman–Crippen MR) is 50.3 cm³/mol. The molecule has 0 bridgehead atoms. The standard InChI is InChI=1S/C9H8N2O4/c12-7(13)3-1-2-6-4-10-8(9(14)15)11-5-6/h1-2,4-5H,3H2,(H,12,13)(H,14,15). The number of nitrogens with zero attached hydrogens (tertiary/aromatic N) is 2. The average Bonchev–Trinajstić information content (AvgIpc) is 2.18. The van der Waals surface area contributed by atoms with Gasteiger partial charge in [0.1, 0.15) is 0 Å². The van der Waals surface area contributed by atoms with E-state index in [0.29, 0.717) is 5.56 Å². The van der Waals surface area contributed by atoms with Crippen molar-refractivity contribution in [3.63, 3.8) is 0 Å². The number of aromatic carboxylic acids is 1. The van der Waals surface area contributed by atoms with Crippen molar-refractivity contribution < 1.29 is 19.8 Å². The molecule has 0 aromatic carbocycles. The molecule has 0 aliphatic rings. The Morgan fingerprint density at radius 3 is 2.33 bits per heavy atom. The first kappa shape index (κ1) is 10.8. The monoisotopic (exact) mass is 208 g/mol. The highest BCUT2D eigenvalue weighted by Gasteiger charge is 2.03. The van der Waals surface area contributed by atoms with Crippen LogP contribution in [0.5, 0.6) is 0 Å². The second-order valence-corrected chi connectivity index (χ2v) is 2.65. The van der Waals surface area contributed by atoms with Crippen molar-refractivity contribution in [1.29, 1.82) is 0 Å². The Morgan fingerprint density at radius 1 is 1.27 bits per heavy atom. The molecule has 2 N–H and O–H groups in total. The summed E-state index contributed by atoms with van der Waals surface area (Å²) in [5, 5.41) is 16.9. The van der Waals surface area contributed by atoms with Gasteiger partial charge >= 0.3 is 11.9 Å². The van der Waals surface area contributed by atoms with Gasteiger partial charge in [-0.05, 0) is 0 Å². The maximum absolute atomic E-state index is 10.4. The number of aliphatic carboxylic acids is 1. The molecule has 0 radical (unpaired) electrons. The van der Waals surface area contributed by atoms with Crippen LogP contribution in [0, 0.1) is 0 Å². The molecule has 1 heterocycles. The van der Waals surface area contributed by atoms with Gasteiger partial charge in [-0.3, -0.25) is 4.79 Å². The third-order valence-electron chi connectivity index (χ3n) is 1.47. The highest BCUT2D eigenvalue weighted by atomic mass is 16.4. The van der Waals surface area contributed by atoms with Crippen LogP contribution in [0.2, 0.25) is 0 Å². The van der Waals surface area contributed by atoms with Crippen LogP contribution in [-0.4, -0.2) is 32.1 Å². The number of hydrogen-bond donors (Lipinski definition) is 2. The summed E-state index contributed by atoms with van der Waals surface area (Å²) in [6.07, 6.45) is 5.48. The minimum absolute atomic E-state index is 0.0965. The molecule has 0 unspecified atom stereocenters. The predicted octanol–water partition coefficient (Wildman–Crippen LogP) is 0.663. The summed E-state index contributed by atoms with van der Waals surface area (Å²) in [4.78, 5) is 27.7. The van der Waals surface area contributed by atoms with Crippen LogP contribution in [0.15, 0.2) is 18.5 Å². The van der Waals surface area contributed by atoms with E-state index in [1.54, 1.807) is 0 Å². The minimum Gasteiger partial charge on any atom is -0.481 e. The van der Waals surface area contributed by atoms with Crippen LogP contribution in [0.1, 0.15) is 22.6 Å². The highest BCUT2D eigenvalue weighted by molar-refractivity contribution is 5.83. The molecule has 0 fully saturated rings. The van der Waals surface area contributed by atoms with Crippen molar-refractivity contribution >= 4 is 18.0 Å². The molecule has 6 heteroatoms. The topological polar surface area (TPSA) is 100 Å². The molecular weight excluding hydrogens is 200 g/mol. The summed E-state index contributed by atoms with van der Waals surface area (Å²) >= 11 is 0. The molecule has 78 valence electrons. The smallest absolute Gasteiger partial charge is 0.373 e. The maximum Gasteiger partial charge on any atom is 0.373 e. The van der Waals surface area contributed by atoms with Crippen molar-refractivity contribution in [1.82, 2.24) is 9.97 Å². The van der Waals surface area contributed by atoms with Crippen LogP contribution in [0.3, 0.4) is 0 Å². The van der Waals surface area contributed by atoms with Crippen LogP contribution >= 0.6 is 0 Å². The van der Waals surface area contributed by atoms with E-state index in [1.165, 1.54) is 24.5 Å². The molecule has 1 rings (SSSR count). The van der Waals surface area contributed by atoms with Crippen LogP contribution < -0.4 is 0 Å². The lowest BCUT2D eigenvalue weighted by atomic mass is 10.3. The van der Waals surface area contributed by atoms with Crippen LogP contribution in [-0.2, 0) is 4.79 Å². The van der Waals surface area contributed by atoms with Crippen molar-refractivity contribution in [2.75, 3.05) is 0 Å². The molecule has 1 aromatic heterocycles. The first-order valence-electron chi connectivity index (χ1n) is 4.03. The molecule has 0 saturated carbocycles. The zero-order valence-electron chi connectivity index (χ0n) is 7.62. The van der Waals surface area contributed by atoms with Crippen molar-refractivity contribution in [2.24, 2.45) is 0 Å². The van der Waals surface area contributed by atoms with Gasteiger partial charge in [0.15, 0.2) is 0 Å². The second kappa shape index (κ2) is 4.85. The molecule has 0 aliphatic carbocycles. The molecule has 0 saturated heterocycles. The molecular formula is C9H8N2O4. The molecule has 0 amide bonds. The Kier molecular flexibility index (Phi) is 3.50. The Labute approximate surface area is 84.9 Å². The molecule has 15 heavy (non-hydrogen) atoms. The van der Waals surface area contributed by atoms with Gasteiger partial charge in [0.25, 0.3) is 0 Å². The fourth-order valence-corrected chi connectivity index (χ4v) is 0.830. The van der Waals surface area contributed by atoms with Gasteiger partial charge in [-0.1, -0.05) is 12.2 Å². The summed E-state index contributed by atoms with van der Waals surface area (Å²) in [7, 11) is 0. The third kappa shape index (κ3) is 3.55. The lowest BCUT2D eigenvalue weighted by molar-refractivity contribution is -0.135. The molecule has 0 spiro atoms. The lowest BCUT2D eigenvalue weighted by Crippen LogP contribution is -2.03. The third-order valence-corrected chi connectivity index (χ3v) is 1.47.